The first-order valence-corrected chi connectivity index (χ1v) is 14.1. The van der Waals surface area contributed by atoms with Crippen LogP contribution in [0.2, 0.25) is 0 Å². The van der Waals surface area contributed by atoms with Crippen LogP contribution in [0.1, 0.15) is 69.4 Å². The number of aryl methyl sites for hydroxylation is 2. The fraction of sp³-hybridized carbons (Fsp3) is 0.667. The number of amides is 2. The van der Waals surface area contributed by atoms with Gasteiger partial charge in [0.05, 0.1) is 6.67 Å². The van der Waals surface area contributed by atoms with Crippen molar-refractivity contribution in [3.05, 3.63) is 29.3 Å². The van der Waals surface area contributed by atoms with Crippen molar-refractivity contribution < 1.29 is 18.4 Å². The number of halogens is 2. The van der Waals surface area contributed by atoms with E-state index in [1.54, 1.807) is 0 Å². The van der Waals surface area contributed by atoms with Gasteiger partial charge in [-0.15, -0.1) is 0 Å². The zero-order valence-corrected chi connectivity index (χ0v) is 22.2. The minimum absolute atomic E-state index is 0.00782. The van der Waals surface area contributed by atoms with Crippen molar-refractivity contribution in [2.24, 2.45) is 10.9 Å². The third kappa shape index (κ3) is 6.46. The molecule has 6 nitrogen and oxygen atoms in total. The average Bonchev–Trinajstić information content (AvgIpc) is 3.16. The largest absolute Gasteiger partial charge is 0.326 e. The van der Waals surface area contributed by atoms with Crippen molar-refractivity contribution in [3.8, 4) is 0 Å². The maximum absolute atomic E-state index is 14.9. The smallest absolute Gasteiger partial charge is 0.253 e. The maximum atomic E-state index is 14.9. The quantitative estimate of drug-likeness (QED) is 0.442. The van der Waals surface area contributed by atoms with Crippen LogP contribution >= 0.6 is 11.9 Å². The number of anilines is 1. The first kappa shape index (κ1) is 27.0. The summed E-state index contributed by atoms with van der Waals surface area (Å²) in [5.41, 5.74) is 1.31. The summed E-state index contributed by atoms with van der Waals surface area (Å²) in [7, 11) is 0. The summed E-state index contributed by atoms with van der Waals surface area (Å²) < 4.78 is 29.7. The van der Waals surface area contributed by atoms with Gasteiger partial charge in [0, 0.05) is 37.4 Å². The molecule has 0 aromatic heterocycles. The summed E-state index contributed by atoms with van der Waals surface area (Å²) in [5, 5.41) is 5.85. The number of amidine groups is 1. The number of alkyl halides is 2. The predicted molar refractivity (Wildman–Crippen MR) is 142 cm³/mol. The highest BCUT2D eigenvalue weighted by Crippen LogP contribution is 2.41. The second-order valence-electron chi connectivity index (χ2n) is 10.5. The van der Waals surface area contributed by atoms with E-state index < -0.39 is 17.9 Å². The van der Waals surface area contributed by atoms with Gasteiger partial charge in [-0.2, -0.15) is 0 Å². The first-order valence-electron chi connectivity index (χ1n) is 13.1. The Balaban J connectivity index is 1.24. The minimum Gasteiger partial charge on any atom is -0.326 e. The molecule has 0 bridgehead atoms. The number of hydrogen-bond acceptors (Lipinski definition) is 5. The predicted octanol–water partition coefficient (Wildman–Crippen LogP) is 5.16. The molecule has 1 aliphatic carbocycles. The molecule has 0 unspecified atom stereocenters. The Morgan fingerprint density at radius 2 is 1.97 bits per heavy atom. The Morgan fingerprint density at radius 3 is 2.61 bits per heavy atom. The number of carbonyl (C=O) groups excluding carboxylic acids is 2. The number of nitrogens with one attached hydrogen (secondary N) is 2. The van der Waals surface area contributed by atoms with E-state index in [0.29, 0.717) is 38.5 Å². The molecule has 1 aromatic carbocycles. The summed E-state index contributed by atoms with van der Waals surface area (Å²) in [6.45, 7) is 4.71. The number of hydrogen-bond donors (Lipinski definition) is 2. The van der Waals surface area contributed by atoms with E-state index in [0.717, 1.165) is 36.8 Å². The van der Waals surface area contributed by atoms with E-state index in [9.17, 15) is 18.4 Å². The van der Waals surface area contributed by atoms with Crippen LogP contribution in [0, 0.1) is 12.8 Å². The van der Waals surface area contributed by atoms with E-state index in [2.05, 4.69) is 27.9 Å². The fourth-order valence-electron chi connectivity index (χ4n) is 5.64. The molecule has 1 spiro atoms. The zero-order chi connectivity index (χ0) is 25.8. The summed E-state index contributed by atoms with van der Waals surface area (Å²) in [4.78, 5) is 29.1. The Bertz CT molecular complexity index is 986. The molecule has 1 saturated heterocycles. The topological polar surface area (TPSA) is 73.8 Å². The molecule has 0 radical (unpaired) electrons. The SMILES string of the molecule is CC(=O)Nc1ccc(CCSN2CCC3(CC2)N=C(C2CCC(F)(CCCF)CC2)NC3=O)c(C)c1. The van der Waals surface area contributed by atoms with E-state index in [1.807, 2.05) is 24.1 Å². The number of aliphatic imine (C=N–C) groups is 1. The second-order valence-corrected chi connectivity index (χ2v) is 11.7. The molecule has 2 fully saturated rings. The van der Waals surface area contributed by atoms with Crippen molar-refractivity contribution in [3.63, 3.8) is 0 Å². The van der Waals surface area contributed by atoms with Gasteiger partial charge in [-0.1, -0.05) is 18.0 Å². The molecule has 4 rings (SSSR count). The molecule has 36 heavy (non-hydrogen) atoms. The van der Waals surface area contributed by atoms with Gasteiger partial charge < -0.3 is 10.6 Å². The van der Waals surface area contributed by atoms with Gasteiger partial charge >= 0.3 is 0 Å². The maximum Gasteiger partial charge on any atom is 0.253 e. The van der Waals surface area contributed by atoms with Crippen molar-refractivity contribution in [1.82, 2.24) is 9.62 Å². The van der Waals surface area contributed by atoms with Gasteiger partial charge in [0.2, 0.25) is 5.91 Å². The van der Waals surface area contributed by atoms with Gasteiger partial charge in [0.25, 0.3) is 5.91 Å². The highest BCUT2D eigenvalue weighted by Gasteiger charge is 2.48. The Morgan fingerprint density at radius 1 is 1.25 bits per heavy atom. The summed E-state index contributed by atoms with van der Waals surface area (Å²) in [5.74, 6) is 1.70. The second kappa shape index (κ2) is 11.6. The highest BCUT2D eigenvalue weighted by molar-refractivity contribution is 7.97. The van der Waals surface area contributed by atoms with Crippen LogP contribution in [0.15, 0.2) is 23.2 Å². The van der Waals surface area contributed by atoms with Crippen LogP contribution in [0.3, 0.4) is 0 Å². The molecule has 3 aliphatic rings. The number of piperidine rings is 1. The number of nitrogens with zero attached hydrogens (tertiary/aromatic N) is 2. The molecule has 1 aromatic rings. The van der Waals surface area contributed by atoms with E-state index in [1.165, 1.54) is 18.1 Å². The van der Waals surface area contributed by atoms with Crippen molar-refractivity contribution in [2.75, 3.05) is 30.8 Å². The van der Waals surface area contributed by atoms with Gasteiger partial charge in [-0.05, 0) is 88.0 Å². The molecular formula is C27H38F2N4O2S. The molecule has 0 atom stereocenters. The molecule has 2 N–H and O–H groups in total. The number of rotatable bonds is 9. The van der Waals surface area contributed by atoms with Crippen LogP contribution in [0.25, 0.3) is 0 Å². The van der Waals surface area contributed by atoms with E-state index in [-0.39, 0.29) is 30.6 Å². The molecule has 2 heterocycles. The van der Waals surface area contributed by atoms with Crippen LogP contribution in [-0.4, -0.2) is 58.7 Å². The average molecular weight is 521 g/mol. The van der Waals surface area contributed by atoms with Crippen LogP contribution in [0.4, 0.5) is 14.5 Å². The third-order valence-corrected chi connectivity index (χ3v) is 9.00. The molecular weight excluding hydrogens is 482 g/mol. The Labute approximate surface area is 217 Å². The summed E-state index contributed by atoms with van der Waals surface area (Å²) in [6, 6.07) is 6.02. The van der Waals surface area contributed by atoms with Gasteiger partial charge in [-0.3, -0.25) is 23.3 Å². The van der Waals surface area contributed by atoms with Crippen molar-refractivity contribution >= 4 is 35.3 Å². The number of carbonyl (C=O) groups is 2. The van der Waals surface area contributed by atoms with Crippen molar-refractivity contribution in [1.29, 1.82) is 0 Å². The molecule has 9 heteroatoms. The van der Waals surface area contributed by atoms with Gasteiger partial charge in [0.15, 0.2) is 0 Å². The minimum atomic E-state index is -1.27. The molecule has 1 saturated carbocycles. The lowest BCUT2D eigenvalue weighted by Gasteiger charge is -2.35. The van der Waals surface area contributed by atoms with Gasteiger partial charge in [-0.25, -0.2) is 4.39 Å². The monoisotopic (exact) mass is 520 g/mol. The van der Waals surface area contributed by atoms with Gasteiger partial charge in [0.1, 0.15) is 17.0 Å². The van der Waals surface area contributed by atoms with Crippen molar-refractivity contribution in [2.45, 2.75) is 82.8 Å². The van der Waals surface area contributed by atoms with Crippen LogP contribution < -0.4 is 10.6 Å². The lowest BCUT2D eigenvalue weighted by atomic mass is 9.77. The number of benzene rings is 1. The first-order chi connectivity index (χ1) is 17.2. The van der Waals surface area contributed by atoms with Crippen LogP contribution in [-0.2, 0) is 16.0 Å². The third-order valence-electron chi connectivity index (χ3n) is 7.88. The van der Waals surface area contributed by atoms with E-state index >= 15 is 0 Å². The zero-order valence-electron chi connectivity index (χ0n) is 21.4. The fourth-order valence-corrected chi connectivity index (χ4v) is 6.65. The van der Waals surface area contributed by atoms with Crippen LogP contribution in [0.5, 0.6) is 0 Å². The lowest BCUT2D eigenvalue weighted by Crippen LogP contribution is -2.47. The van der Waals surface area contributed by atoms with E-state index in [4.69, 9.17) is 4.99 Å². The summed E-state index contributed by atoms with van der Waals surface area (Å²) >= 11 is 1.81. The standard InChI is InChI=1S/C27H38F2N4O2S/c1-19-18-23(30-20(2)34)5-4-21(19)8-17-36-33-15-12-27(13-16-33)25(35)31-24(32-27)22-6-10-26(29,11-7-22)9-3-14-28/h4-5,18,22H,3,6-17H2,1-2H3,(H,30,34)(H,31,32,35). The highest BCUT2D eigenvalue weighted by atomic mass is 32.2. The lowest BCUT2D eigenvalue weighted by molar-refractivity contribution is -0.125. The normalized spacial score (nSPS) is 26.1. The Hall–Kier alpha value is -2.00. The molecule has 198 valence electrons. The summed E-state index contributed by atoms with van der Waals surface area (Å²) in [6.07, 6.45) is 5.03. The molecule has 2 amide bonds. The Kier molecular flexibility index (Phi) is 8.71. The molecule has 2 aliphatic heterocycles.